The summed E-state index contributed by atoms with van der Waals surface area (Å²) in [6.07, 6.45) is 3.52. The van der Waals surface area contributed by atoms with Gasteiger partial charge in [0.05, 0.1) is 13.4 Å². The molecule has 0 bridgehead atoms. The van der Waals surface area contributed by atoms with Crippen molar-refractivity contribution >= 4 is 71.8 Å². The number of ether oxygens (including phenoxy) is 1. The molecule has 0 aliphatic carbocycles. The van der Waals surface area contributed by atoms with Crippen LogP contribution in [0.25, 0.3) is 6.08 Å². The minimum atomic E-state index is -3.50. The number of rotatable bonds is 8. The third kappa shape index (κ3) is 6.44. The molecule has 0 unspecified atom stereocenters. The van der Waals surface area contributed by atoms with Gasteiger partial charge >= 0.3 is 5.97 Å². The Hall–Kier alpha value is -1.90. The Kier molecular flexibility index (Phi) is 7.19. The van der Waals surface area contributed by atoms with Crippen LogP contribution in [0.5, 0.6) is 0 Å². The van der Waals surface area contributed by atoms with E-state index in [1.807, 2.05) is 6.92 Å². The molecule has 0 spiro atoms. The largest absolute Gasteiger partial charge is 0.466 e. The highest BCUT2D eigenvalue weighted by atomic mass is 32.2. The molecule has 140 valence electrons. The molecule has 2 heterocycles. The summed E-state index contributed by atoms with van der Waals surface area (Å²) in [7, 11) is -2.26. The average molecular weight is 435 g/mol. The Morgan fingerprint density at radius 2 is 2.12 bits per heavy atom. The van der Waals surface area contributed by atoms with Crippen LogP contribution in [0.2, 0.25) is 0 Å². The molecule has 2 aromatic heterocycles. The number of nitrogens with zero attached hydrogens (tertiary/aromatic N) is 5. The Morgan fingerprint density at radius 1 is 1.35 bits per heavy atom. The van der Waals surface area contributed by atoms with Gasteiger partial charge in [0.15, 0.2) is 14.5 Å². The molecule has 0 atom stereocenters. The number of azo groups is 1. The molecule has 2 aromatic rings. The van der Waals surface area contributed by atoms with Gasteiger partial charge in [-0.3, -0.25) is 4.72 Å². The fraction of sp³-hybridized carbons (Fsp3) is 0.333. The fourth-order valence-electron chi connectivity index (χ4n) is 1.43. The van der Waals surface area contributed by atoms with E-state index in [0.717, 1.165) is 33.8 Å². The number of carbonyl (C=O) groups is 1. The normalized spacial score (nSPS) is 12.1. The molecule has 1 N–H and O–H groups in total. The number of carbonyl (C=O) groups excluding carboxylic acids is 1. The third-order valence-electron chi connectivity index (χ3n) is 2.38. The highest BCUT2D eigenvalue weighted by Gasteiger charge is 2.13. The SMILES string of the molecule is CCSc1nnc(N=Nc2sc(NS(C)(=O)=O)nc2/C=C\C(=O)OC)s1. The van der Waals surface area contributed by atoms with Crippen molar-refractivity contribution in [3.8, 4) is 0 Å². The van der Waals surface area contributed by atoms with Crippen molar-refractivity contribution in [2.45, 2.75) is 11.3 Å². The first-order valence-corrected chi connectivity index (χ1v) is 11.4. The van der Waals surface area contributed by atoms with Crippen LogP contribution in [0.3, 0.4) is 0 Å². The molecule has 0 saturated heterocycles. The van der Waals surface area contributed by atoms with E-state index in [1.54, 1.807) is 0 Å². The average Bonchev–Trinajstić information content (AvgIpc) is 3.16. The minimum Gasteiger partial charge on any atom is -0.466 e. The first-order chi connectivity index (χ1) is 12.3. The molecule has 0 aromatic carbocycles. The van der Waals surface area contributed by atoms with Crippen LogP contribution in [0.15, 0.2) is 20.6 Å². The maximum atomic E-state index is 11.4. The molecule has 0 aliphatic heterocycles. The zero-order valence-corrected chi connectivity index (χ0v) is 17.1. The first-order valence-electron chi connectivity index (χ1n) is 6.93. The number of thiazole rings is 1. The van der Waals surface area contributed by atoms with Crippen LogP contribution < -0.4 is 4.72 Å². The van der Waals surface area contributed by atoms with Crippen molar-refractivity contribution in [1.82, 2.24) is 15.2 Å². The molecule has 14 heteroatoms. The number of hydrogen-bond acceptors (Lipinski definition) is 12. The molecule has 0 aliphatic rings. The van der Waals surface area contributed by atoms with E-state index in [1.165, 1.54) is 36.3 Å². The van der Waals surface area contributed by atoms with Gasteiger partial charge in [0.25, 0.3) is 5.13 Å². The quantitative estimate of drug-likeness (QED) is 0.290. The lowest BCUT2D eigenvalue weighted by Crippen LogP contribution is -2.09. The van der Waals surface area contributed by atoms with Crippen LogP contribution in [-0.4, -0.2) is 48.7 Å². The Labute approximate surface area is 161 Å². The summed E-state index contributed by atoms with van der Waals surface area (Å²) >= 11 is 3.79. The van der Waals surface area contributed by atoms with Gasteiger partial charge in [0.2, 0.25) is 10.0 Å². The third-order valence-corrected chi connectivity index (χ3v) is 5.76. The lowest BCUT2D eigenvalue weighted by atomic mass is 10.4. The number of aromatic nitrogens is 3. The summed E-state index contributed by atoms with van der Waals surface area (Å²) in [5, 5.41) is 16.7. The van der Waals surface area contributed by atoms with Crippen LogP contribution in [0, 0.1) is 0 Å². The second-order valence-electron chi connectivity index (χ2n) is 4.42. The lowest BCUT2D eigenvalue weighted by molar-refractivity contribution is -0.134. The van der Waals surface area contributed by atoms with Gasteiger partial charge in [-0.05, 0) is 11.8 Å². The summed E-state index contributed by atoms with van der Waals surface area (Å²) in [6, 6.07) is 0. The van der Waals surface area contributed by atoms with Crippen molar-refractivity contribution in [1.29, 1.82) is 0 Å². The number of anilines is 1. The smallest absolute Gasteiger partial charge is 0.330 e. The van der Waals surface area contributed by atoms with Crippen molar-refractivity contribution in [2.75, 3.05) is 23.8 Å². The molecular formula is C12H14N6O4S4. The topological polar surface area (TPSA) is 136 Å². The van der Waals surface area contributed by atoms with E-state index in [4.69, 9.17) is 0 Å². The van der Waals surface area contributed by atoms with E-state index in [2.05, 4.69) is 34.9 Å². The summed E-state index contributed by atoms with van der Waals surface area (Å²) < 4.78 is 30.3. The predicted molar refractivity (Wildman–Crippen MR) is 102 cm³/mol. The number of sulfonamides is 1. The van der Waals surface area contributed by atoms with E-state index >= 15 is 0 Å². The van der Waals surface area contributed by atoms with E-state index in [9.17, 15) is 13.2 Å². The number of hydrogen-bond donors (Lipinski definition) is 1. The maximum absolute atomic E-state index is 11.4. The maximum Gasteiger partial charge on any atom is 0.330 e. The van der Waals surface area contributed by atoms with Crippen LogP contribution in [0.4, 0.5) is 15.3 Å². The predicted octanol–water partition coefficient (Wildman–Crippen LogP) is 3.08. The molecule has 2 rings (SSSR count). The molecule has 0 saturated carbocycles. The Balaban J connectivity index is 2.29. The Bertz CT molecular complexity index is 933. The van der Waals surface area contributed by atoms with Gasteiger partial charge in [-0.2, -0.15) is 0 Å². The zero-order valence-electron chi connectivity index (χ0n) is 13.9. The van der Waals surface area contributed by atoms with Crippen molar-refractivity contribution in [2.24, 2.45) is 10.2 Å². The van der Waals surface area contributed by atoms with Crippen LogP contribution in [0.1, 0.15) is 12.6 Å². The van der Waals surface area contributed by atoms with Gasteiger partial charge in [0, 0.05) is 6.08 Å². The lowest BCUT2D eigenvalue weighted by Gasteiger charge is -1.95. The van der Waals surface area contributed by atoms with E-state index in [-0.39, 0.29) is 10.8 Å². The van der Waals surface area contributed by atoms with Gasteiger partial charge in [-0.15, -0.1) is 20.4 Å². The highest BCUT2D eigenvalue weighted by Crippen LogP contribution is 2.35. The molecule has 10 nitrogen and oxygen atoms in total. The molecule has 0 amide bonds. The van der Waals surface area contributed by atoms with Gasteiger partial charge < -0.3 is 4.74 Å². The van der Waals surface area contributed by atoms with E-state index < -0.39 is 16.0 Å². The number of nitrogens with one attached hydrogen (secondary N) is 1. The number of thioether (sulfide) groups is 1. The second-order valence-corrected chi connectivity index (χ2v) is 9.62. The molecular weight excluding hydrogens is 420 g/mol. The standard InChI is InChI=1S/C12H14N6O4S4/c1-4-23-12-17-16-11(25-12)15-14-9-7(5-6-8(19)22-2)13-10(24-9)18-26(3,20)21/h5-6H,4H2,1-3H3,(H,13,18)/b6-5-,15-14?. The fourth-order valence-corrected chi connectivity index (χ4v) is 4.60. The van der Waals surface area contributed by atoms with Gasteiger partial charge in [0.1, 0.15) is 5.69 Å². The highest BCUT2D eigenvalue weighted by molar-refractivity contribution is 8.01. The summed E-state index contributed by atoms with van der Waals surface area (Å²) in [6.45, 7) is 2.00. The molecule has 26 heavy (non-hydrogen) atoms. The van der Waals surface area contributed by atoms with Crippen molar-refractivity contribution in [3.63, 3.8) is 0 Å². The second kappa shape index (κ2) is 9.16. The monoisotopic (exact) mass is 434 g/mol. The van der Waals surface area contributed by atoms with Crippen molar-refractivity contribution < 1.29 is 17.9 Å². The summed E-state index contributed by atoms with van der Waals surface area (Å²) in [5.41, 5.74) is 0.267. The van der Waals surface area contributed by atoms with E-state index in [0.29, 0.717) is 10.1 Å². The van der Waals surface area contributed by atoms with Gasteiger partial charge in [-0.25, -0.2) is 18.2 Å². The minimum absolute atomic E-state index is 0.102. The molecule has 0 radical (unpaired) electrons. The van der Waals surface area contributed by atoms with Crippen molar-refractivity contribution in [3.05, 3.63) is 11.8 Å². The first kappa shape index (κ1) is 20.4. The Morgan fingerprint density at radius 3 is 2.77 bits per heavy atom. The van der Waals surface area contributed by atoms with Crippen LogP contribution in [-0.2, 0) is 19.6 Å². The summed E-state index contributed by atoms with van der Waals surface area (Å²) in [4.78, 5) is 15.3. The van der Waals surface area contributed by atoms with Crippen LogP contribution >= 0.6 is 34.4 Å². The van der Waals surface area contributed by atoms with Gasteiger partial charge in [-0.1, -0.05) is 41.4 Å². The zero-order chi connectivity index (χ0) is 19.2. The number of esters is 1. The molecule has 0 fully saturated rings. The number of methoxy groups -OCH3 is 1. The summed E-state index contributed by atoms with van der Waals surface area (Å²) in [5.74, 6) is 0.285.